The fourth-order valence-electron chi connectivity index (χ4n) is 1.21. The Morgan fingerprint density at radius 1 is 1.53 bits per heavy atom. The Kier molecular flexibility index (Phi) is 2.99. The molecule has 0 saturated carbocycles. The average Bonchev–Trinajstić information content (AvgIpc) is 2.42. The van der Waals surface area contributed by atoms with Gasteiger partial charge < -0.3 is 19.5 Å². The van der Waals surface area contributed by atoms with Gasteiger partial charge in [0.1, 0.15) is 5.56 Å². The van der Waals surface area contributed by atoms with Gasteiger partial charge in [-0.3, -0.25) is 0 Å². The van der Waals surface area contributed by atoms with Crippen molar-refractivity contribution in [2.45, 2.75) is 6.92 Å². The number of nitrogens with zero attached hydrogens (tertiary/aromatic N) is 1. The first-order chi connectivity index (χ1) is 6.99. The van der Waals surface area contributed by atoms with Gasteiger partial charge in [-0.15, -0.1) is 0 Å². The van der Waals surface area contributed by atoms with Crippen LogP contribution in [0.25, 0.3) is 0 Å². The van der Waals surface area contributed by atoms with E-state index < -0.39 is 17.7 Å². The van der Waals surface area contributed by atoms with E-state index >= 15 is 0 Å². The topological polar surface area (TPSA) is 88.8 Å². The van der Waals surface area contributed by atoms with Crippen LogP contribution in [0.4, 0.5) is 0 Å². The number of esters is 1. The van der Waals surface area contributed by atoms with Crippen LogP contribution in [0.1, 0.15) is 27.8 Å². The van der Waals surface area contributed by atoms with Crippen molar-refractivity contribution in [3.8, 4) is 5.75 Å². The van der Waals surface area contributed by atoms with E-state index in [1.165, 1.54) is 11.6 Å². The number of hydrogen-bond acceptors (Lipinski definition) is 4. The normalized spacial score (nSPS) is 10.0. The molecule has 0 aromatic carbocycles. The monoisotopic (exact) mass is 213 g/mol. The predicted octanol–water partition coefficient (Wildman–Crippen LogP) is 0.606. The second-order valence-electron chi connectivity index (χ2n) is 2.88. The Hall–Kier alpha value is -1.98. The molecule has 1 aromatic heterocycles. The number of aromatic hydroxyl groups is 1. The van der Waals surface area contributed by atoms with Crippen molar-refractivity contribution in [1.82, 2.24) is 4.57 Å². The predicted molar refractivity (Wildman–Crippen MR) is 50.0 cm³/mol. The van der Waals surface area contributed by atoms with Crippen LogP contribution in [0.15, 0.2) is 6.20 Å². The van der Waals surface area contributed by atoms with Crippen LogP contribution in [0.2, 0.25) is 0 Å². The molecule has 0 aliphatic carbocycles. The van der Waals surface area contributed by atoms with Gasteiger partial charge >= 0.3 is 11.9 Å². The minimum atomic E-state index is -1.29. The Bertz CT molecular complexity index is 407. The van der Waals surface area contributed by atoms with E-state index in [0.29, 0.717) is 0 Å². The highest BCUT2D eigenvalue weighted by atomic mass is 16.5. The first kappa shape index (κ1) is 11.1. The molecule has 1 aromatic rings. The van der Waals surface area contributed by atoms with Gasteiger partial charge in [-0.1, -0.05) is 0 Å². The fourth-order valence-corrected chi connectivity index (χ4v) is 1.21. The van der Waals surface area contributed by atoms with Crippen molar-refractivity contribution in [3.63, 3.8) is 0 Å². The molecule has 0 atom stereocenters. The highest BCUT2D eigenvalue weighted by Crippen LogP contribution is 2.24. The van der Waals surface area contributed by atoms with Gasteiger partial charge in [-0.25, -0.2) is 9.59 Å². The molecule has 0 bridgehead atoms. The number of ether oxygens (including phenoxy) is 1. The molecule has 82 valence electrons. The largest absolute Gasteiger partial charge is 0.505 e. The quantitative estimate of drug-likeness (QED) is 0.718. The van der Waals surface area contributed by atoms with Crippen molar-refractivity contribution in [3.05, 3.63) is 17.5 Å². The van der Waals surface area contributed by atoms with Crippen molar-refractivity contribution in [1.29, 1.82) is 0 Å². The summed E-state index contributed by atoms with van der Waals surface area (Å²) < 4.78 is 5.89. The van der Waals surface area contributed by atoms with Crippen LogP contribution in [-0.4, -0.2) is 33.3 Å². The molecule has 1 heterocycles. The molecule has 0 aliphatic heterocycles. The van der Waals surface area contributed by atoms with Gasteiger partial charge in [0, 0.05) is 13.2 Å². The van der Waals surface area contributed by atoms with E-state index in [-0.39, 0.29) is 17.9 Å². The lowest BCUT2D eigenvalue weighted by Gasteiger charge is -2.02. The third-order valence-corrected chi connectivity index (χ3v) is 1.85. The zero-order valence-electron chi connectivity index (χ0n) is 8.35. The fraction of sp³-hybridized carbons (Fsp3) is 0.333. The van der Waals surface area contributed by atoms with Crippen LogP contribution in [0, 0.1) is 0 Å². The maximum atomic E-state index is 11.3. The molecule has 6 heteroatoms. The Balaban J connectivity index is 3.19. The molecule has 0 radical (unpaired) electrons. The lowest BCUT2D eigenvalue weighted by Crippen LogP contribution is -2.09. The van der Waals surface area contributed by atoms with E-state index in [9.17, 15) is 14.7 Å². The van der Waals surface area contributed by atoms with Crippen LogP contribution >= 0.6 is 0 Å². The zero-order chi connectivity index (χ0) is 11.6. The van der Waals surface area contributed by atoms with E-state index in [1.807, 2.05) is 0 Å². The SMILES string of the molecule is CCOC(=O)c1c(O)c(C(=O)O)cn1C. The minimum Gasteiger partial charge on any atom is -0.505 e. The van der Waals surface area contributed by atoms with Crippen LogP contribution in [-0.2, 0) is 11.8 Å². The summed E-state index contributed by atoms with van der Waals surface area (Å²) in [4.78, 5) is 22.0. The Morgan fingerprint density at radius 2 is 2.13 bits per heavy atom. The summed E-state index contributed by atoms with van der Waals surface area (Å²) in [6, 6.07) is 0. The molecule has 0 aliphatic rings. The molecule has 6 nitrogen and oxygen atoms in total. The number of hydrogen-bond donors (Lipinski definition) is 2. The first-order valence-corrected chi connectivity index (χ1v) is 4.27. The van der Waals surface area contributed by atoms with Crippen molar-refractivity contribution >= 4 is 11.9 Å². The number of aryl methyl sites for hydroxylation is 1. The third kappa shape index (κ3) is 1.93. The van der Waals surface area contributed by atoms with Crippen LogP contribution in [0.3, 0.4) is 0 Å². The molecule has 0 saturated heterocycles. The molecule has 2 N–H and O–H groups in total. The molecular formula is C9H11NO5. The summed E-state index contributed by atoms with van der Waals surface area (Å²) in [7, 11) is 1.46. The number of rotatable bonds is 3. The van der Waals surface area contributed by atoms with Crippen LogP contribution in [0.5, 0.6) is 5.75 Å². The molecule has 1 rings (SSSR count). The summed E-state index contributed by atoms with van der Waals surface area (Å²) in [5.41, 5.74) is -0.477. The second kappa shape index (κ2) is 4.04. The number of carbonyl (C=O) groups is 2. The second-order valence-corrected chi connectivity index (χ2v) is 2.88. The molecule has 0 spiro atoms. The van der Waals surface area contributed by atoms with E-state index in [1.54, 1.807) is 6.92 Å². The maximum Gasteiger partial charge on any atom is 0.358 e. The van der Waals surface area contributed by atoms with Gasteiger partial charge in [-0.2, -0.15) is 0 Å². The lowest BCUT2D eigenvalue weighted by molar-refractivity contribution is 0.0512. The molecule has 0 fully saturated rings. The number of aromatic nitrogens is 1. The molecule has 15 heavy (non-hydrogen) atoms. The summed E-state index contributed by atoms with van der Waals surface area (Å²) in [5, 5.41) is 18.2. The standard InChI is InChI=1S/C9H11NO5/c1-3-15-9(14)6-7(11)5(8(12)13)4-10(6)2/h4,11H,3H2,1-2H3,(H,12,13). The highest BCUT2D eigenvalue weighted by Gasteiger charge is 2.24. The number of carbonyl (C=O) groups excluding carboxylic acids is 1. The van der Waals surface area contributed by atoms with Gasteiger partial charge in [0.15, 0.2) is 11.4 Å². The van der Waals surface area contributed by atoms with E-state index in [2.05, 4.69) is 4.74 Å². The summed E-state index contributed by atoms with van der Waals surface area (Å²) in [6.07, 6.45) is 1.16. The Morgan fingerprint density at radius 3 is 2.53 bits per heavy atom. The zero-order valence-corrected chi connectivity index (χ0v) is 8.35. The van der Waals surface area contributed by atoms with Gasteiger partial charge in [0.2, 0.25) is 0 Å². The van der Waals surface area contributed by atoms with Crippen molar-refractivity contribution < 1.29 is 24.5 Å². The molecule has 0 unspecified atom stereocenters. The molecular weight excluding hydrogens is 202 g/mol. The number of carboxylic acid groups (broad SMARTS) is 1. The van der Waals surface area contributed by atoms with Crippen molar-refractivity contribution in [2.75, 3.05) is 6.61 Å². The van der Waals surface area contributed by atoms with Gasteiger partial charge in [0.25, 0.3) is 0 Å². The van der Waals surface area contributed by atoms with Gasteiger partial charge in [0.05, 0.1) is 6.61 Å². The van der Waals surface area contributed by atoms with E-state index in [4.69, 9.17) is 5.11 Å². The summed E-state index contributed by atoms with van der Waals surface area (Å²) in [6.45, 7) is 1.78. The smallest absolute Gasteiger partial charge is 0.358 e. The Labute approximate surface area is 85.7 Å². The lowest BCUT2D eigenvalue weighted by atomic mass is 10.3. The average molecular weight is 213 g/mol. The maximum absolute atomic E-state index is 11.3. The van der Waals surface area contributed by atoms with Crippen LogP contribution < -0.4 is 0 Å². The van der Waals surface area contributed by atoms with Gasteiger partial charge in [-0.05, 0) is 6.92 Å². The number of carboxylic acids is 1. The molecule has 0 amide bonds. The minimum absolute atomic E-state index is 0.158. The summed E-state index contributed by atoms with van der Waals surface area (Å²) >= 11 is 0. The summed E-state index contributed by atoms with van der Waals surface area (Å²) in [5.74, 6) is -2.60. The van der Waals surface area contributed by atoms with Crippen molar-refractivity contribution in [2.24, 2.45) is 7.05 Å². The van der Waals surface area contributed by atoms with E-state index in [0.717, 1.165) is 6.20 Å². The third-order valence-electron chi connectivity index (χ3n) is 1.85. The first-order valence-electron chi connectivity index (χ1n) is 4.27. The number of aromatic carboxylic acids is 1. The highest BCUT2D eigenvalue weighted by molar-refractivity contribution is 5.98.